The predicted molar refractivity (Wildman–Crippen MR) is 77.9 cm³/mol. The molecule has 0 aliphatic heterocycles. The Bertz CT molecular complexity index is 640. The molecule has 0 heterocycles. The molecule has 1 aromatic carbocycles. The van der Waals surface area contributed by atoms with Crippen LogP contribution in [0.2, 0.25) is 5.02 Å². The summed E-state index contributed by atoms with van der Waals surface area (Å²) < 4.78 is 27.1. The van der Waals surface area contributed by atoms with Crippen LogP contribution in [0.3, 0.4) is 0 Å². The molecule has 1 fully saturated rings. The van der Waals surface area contributed by atoms with Crippen molar-refractivity contribution >= 4 is 21.6 Å². The van der Waals surface area contributed by atoms with E-state index < -0.39 is 10.0 Å². The lowest BCUT2D eigenvalue weighted by Gasteiger charge is -2.41. The van der Waals surface area contributed by atoms with Crippen molar-refractivity contribution in [3.8, 4) is 6.07 Å². The maximum atomic E-state index is 12.2. The van der Waals surface area contributed by atoms with E-state index >= 15 is 0 Å². The Balaban J connectivity index is 2.14. The monoisotopic (exact) mass is 312 g/mol. The number of halogens is 1. The Labute approximate surface area is 124 Å². The fourth-order valence-corrected chi connectivity index (χ4v) is 3.89. The minimum absolute atomic E-state index is 0.104. The lowest BCUT2D eigenvalue weighted by atomic mass is 9.67. The van der Waals surface area contributed by atoms with Gasteiger partial charge in [0.05, 0.1) is 15.5 Å². The van der Waals surface area contributed by atoms with Gasteiger partial charge >= 0.3 is 0 Å². The van der Waals surface area contributed by atoms with Crippen LogP contribution in [0.5, 0.6) is 0 Å². The van der Waals surface area contributed by atoms with Gasteiger partial charge in [-0.05, 0) is 42.9 Å². The normalized spacial score (nSPS) is 17.2. The van der Waals surface area contributed by atoms with Crippen molar-refractivity contribution in [2.24, 2.45) is 5.41 Å². The van der Waals surface area contributed by atoms with E-state index in [0.717, 1.165) is 25.7 Å². The van der Waals surface area contributed by atoms with Gasteiger partial charge in [0.2, 0.25) is 10.0 Å². The molecule has 1 saturated carbocycles. The van der Waals surface area contributed by atoms with E-state index in [4.69, 9.17) is 16.9 Å². The van der Waals surface area contributed by atoms with E-state index in [1.165, 1.54) is 18.2 Å². The molecule has 0 unspecified atom stereocenters. The van der Waals surface area contributed by atoms with Crippen molar-refractivity contribution in [2.75, 3.05) is 6.54 Å². The summed E-state index contributed by atoms with van der Waals surface area (Å²) >= 11 is 5.88. The van der Waals surface area contributed by atoms with Gasteiger partial charge < -0.3 is 0 Å². The minimum atomic E-state index is -3.57. The molecule has 0 atom stereocenters. The third-order valence-corrected chi connectivity index (χ3v) is 5.88. The molecule has 6 heteroatoms. The highest BCUT2D eigenvalue weighted by atomic mass is 35.5. The summed E-state index contributed by atoms with van der Waals surface area (Å²) in [6.45, 7) is 2.55. The molecule has 20 heavy (non-hydrogen) atoms. The van der Waals surface area contributed by atoms with Crippen molar-refractivity contribution in [3.05, 3.63) is 28.8 Å². The Morgan fingerprint density at radius 2 is 2.15 bits per heavy atom. The first-order chi connectivity index (χ1) is 9.42. The Morgan fingerprint density at radius 3 is 2.60 bits per heavy atom. The number of hydrogen-bond donors (Lipinski definition) is 1. The first-order valence-corrected chi connectivity index (χ1v) is 8.48. The van der Waals surface area contributed by atoms with Crippen molar-refractivity contribution < 1.29 is 8.42 Å². The maximum absolute atomic E-state index is 12.2. The van der Waals surface area contributed by atoms with Crippen LogP contribution in [0.25, 0.3) is 0 Å². The first-order valence-electron chi connectivity index (χ1n) is 6.62. The van der Waals surface area contributed by atoms with Gasteiger partial charge in [0.25, 0.3) is 0 Å². The highest BCUT2D eigenvalue weighted by molar-refractivity contribution is 7.89. The van der Waals surface area contributed by atoms with Crippen LogP contribution in [0.15, 0.2) is 23.1 Å². The Kier molecular flexibility index (Phi) is 4.38. The van der Waals surface area contributed by atoms with Crippen LogP contribution in [0, 0.1) is 16.7 Å². The van der Waals surface area contributed by atoms with Gasteiger partial charge in [-0.15, -0.1) is 0 Å². The minimum Gasteiger partial charge on any atom is -0.211 e. The number of nitriles is 1. The zero-order chi connectivity index (χ0) is 14.8. The second-order valence-corrected chi connectivity index (χ2v) is 7.46. The zero-order valence-corrected chi connectivity index (χ0v) is 12.9. The SMILES string of the molecule is CCC1(CNS(=O)(=O)c2ccc(C#N)c(Cl)c2)CCC1. The fourth-order valence-electron chi connectivity index (χ4n) is 2.42. The Hall–Kier alpha value is -1.09. The molecule has 2 rings (SSSR count). The smallest absolute Gasteiger partial charge is 0.211 e. The molecule has 4 nitrogen and oxygen atoms in total. The zero-order valence-electron chi connectivity index (χ0n) is 11.3. The van der Waals surface area contributed by atoms with Gasteiger partial charge in [-0.3, -0.25) is 0 Å². The lowest BCUT2D eigenvalue weighted by molar-refractivity contribution is 0.133. The van der Waals surface area contributed by atoms with Crippen LogP contribution in [0.1, 0.15) is 38.2 Å². The summed E-state index contributed by atoms with van der Waals surface area (Å²) in [4.78, 5) is 0.104. The molecule has 0 saturated heterocycles. The molecule has 0 aromatic heterocycles. The molecular formula is C14H17ClN2O2S. The quantitative estimate of drug-likeness (QED) is 0.908. The summed E-state index contributed by atoms with van der Waals surface area (Å²) in [5, 5.41) is 8.95. The fraction of sp³-hybridized carbons (Fsp3) is 0.500. The topological polar surface area (TPSA) is 70.0 Å². The summed E-state index contributed by atoms with van der Waals surface area (Å²) in [6, 6.07) is 6.07. The van der Waals surface area contributed by atoms with E-state index in [2.05, 4.69) is 11.6 Å². The van der Waals surface area contributed by atoms with E-state index in [0.29, 0.717) is 6.54 Å². The molecule has 0 bridgehead atoms. The molecule has 1 N–H and O–H groups in total. The van der Waals surface area contributed by atoms with E-state index in [9.17, 15) is 8.42 Å². The number of nitrogens with one attached hydrogen (secondary N) is 1. The molecule has 0 radical (unpaired) electrons. The molecule has 1 aliphatic carbocycles. The molecule has 0 amide bonds. The predicted octanol–water partition coefficient (Wildman–Crippen LogP) is 3.07. The maximum Gasteiger partial charge on any atom is 0.240 e. The van der Waals surface area contributed by atoms with Crippen molar-refractivity contribution in [3.63, 3.8) is 0 Å². The largest absolute Gasteiger partial charge is 0.240 e. The average Bonchev–Trinajstić information content (AvgIpc) is 2.38. The molecule has 108 valence electrons. The van der Waals surface area contributed by atoms with Crippen LogP contribution < -0.4 is 4.72 Å². The van der Waals surface area contributed by atoms with Gasteiger partial charge in [0.1, 0.15) is 6.07 Å². The lowest BCUT2D eigenvalue weighted by Crippen LogP contribution is -2.41. The number of nitrogens with zero attached hydrogens (tertiary/aromatic N) is 1. The van der Waals surface area contributed by atoms with Crippen molar-refractivity contribution in [1.29, 1.82) is 5.26 Å². The van der Waals surface area contributed by atoms with Gasteiger partial charge in [0.15, 0.2) is 0 Å². The van der Waals surface area contributed by atoms with Gasteiger partial charge in [0, 0.05) is 6.54 Å². The standard InChI is InChI=1S/C14H17ClN2O2S/c1-2-14(6-3-7-14)10-17-20(18,19)12-5-4-11(9-16)13(15)8-12/h4-5,8,17H,2-3,6-7,10H2,1H3. The number of benzene rings is 1. The highest BCUT2D eigenvalue weighted by Crippen LogP contribution is 2.43. The molecule has 1 aliphatic rings. The van der Waals surface area contributed by atoms with Crippen LogP contribution in [-0.4, -0.2) is 15.0 Å². The van der Waals surface area contributed by atoms with Gasteiger partial charge in [-0.1, -0.05) is 24.9 Å². The Morgan fingerprint density at radius 1 is 1.45 bits per heavy atom. The van der Waals surface area contributed by atoms with Crippen LogP contribution >= 0.6 is 11.6 Å². The number of rotatable bonds is 5. The summed E-state index contributed by atoms with van der Waals surface area (Å²) in [7, 11) is -3.57. The second kappa shape index (κ2) is 5.72. The van der Waals surface area contributed by atoms with Gasteiger partial charge in [-0.2, -0.15) is 5.26 Å². The van der Waals surface area contributed by atoms with Gasteiger partial charge in [-0.25, -0.2) is 13.1 Å². The van der Waals surface area contributed by atoms with E-state index in [1.807, 2.05) is 6.07 Å². The number of hydrogen-bond acceptors (Lipinski definition) is 3. The van der Waals surface area contributed by atoms with E-state index in [1.54, 1.807) is 0 Å². The number of sulfonamides is 1. The third kappa shape index (κ3) is 2.98. The van der Waals surface area contributed by atoms with Crippen LogP contribution in [-0.2, 0) is 10.0 Å². The average molecular weight is 313 g/mol. The second-order valence-electron chi connectivity index (χ2n) is 5.29. The third-order valence-electron chi connectivity index (χ3n) is 4.17. The molecular weight excluding hydrogens is 296 g/mol. The summed E-state index contributed by atoms with van der Waals surface area (Å²) in [5.74, 6) is 0. The van der Waals surface area contributed by atoms with Crippen LogP contribution in [0.4, 0.5) is 0 Å². The van der Waals surface area contributed by atoms with Crippen molar-refractivity contribution in [1.82, 2.24) is 4.72 Å². The van der Waals surface area contributed by atoms with Crippen molar-refractivity contribution in [2.45, 2.75) is 37.5 Å². The highest BCUT2D eigenvalue weighted by Gasteiger charge is 2.36. The summed E-state index contributed by atoms with van der Waals surface area (Å²) in [6.07, 6.45) is 4.28. The first kappa shape index (κ1) is 15.3. The van der Waals surface area contributed by atoms with E-state index in [-0.39, 0.29) is 20.9 Å². The summed E-state index contributed by atoms with van der Waals surface area (Å²) in [5.41, 5.74) is 0.387. The molecule has 0 spiro atoms. The molecule has 1 aromatic rings.